The van der Waals surface area contributed by atoms with E-state index in [0.29, 0.717) is 26.1 Å². The molecule has 0 aromatic rings. The highest BCUT2D eigenvalue weighted by molar-refractivity contribution is 5.87. The molecule has 0 saturated carbocycles. The highest BCUT2D eigenvalue weighted by Crippen LogP contribution is 2.03. The van der Waals surface area contributed by atoms with Gasteiger partial charge in [0.15, 0.2) is 0 Å². The maximum absolute atomic E-state index is 11.7. The summed E-state index contributed by atoms with van der Waals surface area (Å²) in [5, 5.41) is 13.7. The van der Waals surface area contributed by atoms with Gasteiger partial charge in [-0.2, -0.15) is 0 Å². The molecule has 1 aliphatic rings. The van der Waals surface area contributed by atoms with E-state index < -0.39 is 12.0 Å². The average molecular weight is 243 g/mol. The Labute approximate surface area is 99.2 Å². The molecule has 7 heteroatoms. The zero-order chi connectivity index (χ0) is 12.8. The van der Waals surface area contributed by atoms with E-state index in [4.69, 9.17) is 5.11 Å². The van der Waals surface area contributed by atoms with Crippen molar-refractivity contribution in [2.24, 2.45) is 0 Å². The van der Waals surface area contributed by atoms with E-state index in [0.717, 1.165) is 0 Å². The number of carbonyl (C=O) groups is 3. The van der Waals surface area contributed by atoms with Crippen LogP contribution in [-0.2, 0) is 9.59 Å². The number of hydrogen-bond acceptors (Lipinski definition) is 3. The van der Waals surface area contributed by atoms with Gasteiger partial charge in [0.1, 0.15) is 6.04 Å². The van der Waals surface area contributed by atoms with E-state index in [2.05, 4.69) is 10.6 Å². The molecule has 7 nitrogen and oxygen atoms in total. The lowest BCUT2D eigenvalue weighted by Gasteiger charge is -2.32. The van der Waals surface area contributed by atoms with Crippen molar-refractivity contribution in [3.05, 3.63) is 0 Å². The molecule has 3 amide bonds. The number of nitrogens with zero attached hydrogens (tertiary/aromatic N) is 1. The molecule has 1 atom stereocenters. The van der Waals surface area contributed by atoms with E-state index in [9.17, 15) is 14.4 Å². The van der Waals surface area contributed by atoms with Crippen molar-refractivity contribution >= 4 is 17.9 Å². The largest absolute Gasteiger partial charge is 0.481 e. The normalized spacial score (nSPS) is 19.7. The maximum Gasteiger partial charge on any atom is 0.318 e. The van der Waals surface area contributed by atoms with Crippen LogP contribution in [0.5, 0.6) is 0 Å². The van der Waals surface area contributed by atoms with E-state index in [1.54, 1.807) is 6.92 Å². The summed E-state index contributed by atoms with van der Waals surface area (Å²) in [5.41, 5.74) is 0. The first-order valence-electron chi connectivity index (χ1n) is 5.56. The number of carboxylic acid groups (broad SMARTS) is 1. The van der Waals surface area contributed by atoms with E-state index in [1.165, 1.54) is 4.90 Å². The van der Waals surface area contributed by atoms with Gasteiger partial charge in [0.25, 0.3) is 0 Å². The van der Waals surface area contributed by atoms with Gasteiger partial charge < -0.3 is 20.6 Å². The van der Waals surface area contributed by atoms with Crippen molar-refractivity contribution in [1.29, 1.82) is 0 Å². The molecule has 1 heterocycles. The Kier molecular flexibility index (Phi) is 4.74. The van der Waals surface area contributed by atoms with Crippen LogP contribution in [0.25, 0.3) is 0 Å². The van der Waals surface area contributed by atoms with Crippen molar-refractivity contribution in [2.75, 3.05) is 19.6 Å². The minimum absolute atomic E-state index is 0.0241. The second-order valence-electron chi connectivity index (χ2n) is 3.89. The lowest BCUT2D eigenvalue weighted by molar-refractivity contribution is -0.137. The number of piperazine rings is 1. The Morgan fingerprint density at radius 3 is 2.94 bits per heavy atom. The van der Waals surface area contributed by atoms with E-state index in [1.807, 2.05) is 0 Å². The topological polar surface area (TPSA) is 98.7 Å². The van der Waals surface area contributed by atoms with Gasteiger partial charge in [0, 0.05) is 26.1 Å². The van der Waals surface area contributed by atoms with Gasteiger partial charge in [-0.15, -0.1) is 0 Å². The minimum Gasteiger partial charge on any atom is -0.481 e. The van der Waals surface area contributed by atoms with E-state index >= 15 is 0 Å². The van der Waals surface area contributed by atoms with Gasteiger partial charge in [-0.05, 0) is 13.3 Å². The van der Waals surface area contributed by atoms with Gasteiger partial charge in [0.05, 0.1) is 0 Å². The summed E-state index contributed by atoms with van der Waals surface area (Å²) in [7, 11) is 0. The lowest BCUT2D eigenvalue weighted by Crippen LogP contribution is -2.58. The number of aliphatic carboxylic acids is 1. The third-order valence-corrected chi connectivity index (χ3v) is 2.60. The molecular formula is C10H17N3O4. The quantitative estimate of drug-likeness (QED) is 0.573. The van der Waals surface area contributed by atoms with Crippen LogP contribution in [-0.4, -0.2) is 53.6 Å². The number of carbonyl (C=O) groups excluding carboxylic acids is 2. The molecule has 0 radical (unpaired) electrons. The van der Waals surface area contributed by atoms with Crippen LogP contribution in [0.1, 0.15) is 19.8 Å². The Morgan fingerprint density at radius 1 is 1.59 bits per heavy atom. The molecule has 0 bridgehead atoms. The number of nitrogens with one attached hydrogen (secondary N) is 2. The first-order chi connectivity index (χ1) is 8.02. The monoisotopic (exact) mass is 243 g/mol. The van der Waals surface area contributed by atoms with Crippen molar-refractivity contribution in [3.63, 3.8) is 0 Å². The molecule has 0 aromatic heterocycles. The first-order valence-corrected chi connectivity index (χ1v) is 5.56. The predicted octanol–water partition coefficient (Wildman–Crippen LogP) is -0.619. The van der Waals surface area contributed by atoms with Crippen molar-refractivity contribution in [1.82, 2.24) is 15.5 Å². The Balaban J connectivity index is 2.31. The lowest BCUT2D eigenvalue weighted by atomic mass is 10.2. The fourth-order valence-corrected chi connectivity index (χ4v) is 1.60. The van der Waals surface area contributed by atoms with Crippen LogP contribution >= 0.6 is 0 Å². The van der Waals surface area contributed by atoms with E-state index in [-0.39, 0.29) is 18.4 Å². The Hall–Kier alpha value is -1.79. The second-order valence-corrected chi connectivity index (χ2v) is 3.89. The third kappa shape index (κ3) is 3.93. The van der Waals surface area contributed by atoms with Gasteiger partial charge in [-0.25, -0.2) is 4.79 Å². The van der Waals surface area contributed by atoms with Crippen LogP contribution in [0.2, 0.25) is 0 Å². The summed E-state index contributed by atoms with van der Waals surface area (Å²) in [4.78, 5) is 34.7. The summed E-state index contributed by atoms with van der Waals surface area (Å²) >= 11 is 0. The molecule has 1 saturated heterocycles. The Bertz CT molecular complexity index is 319. The molecule has 3 N–H and O–H groups in total. The summed E-state index contributed by atoms with van der Waals surface area (Å²) in [6.45, 7) is 2.88. The SMILES string of the molecule is CC1C(=O)NCCN1C(=O)NCCCC(=O)O. The summed E-state index contributed by atoms with van der Waals surface area (Å²) in [6, 6.07) is -0.805. The minimum atomic E-state index is -0.884. The number of amides is 3. The number of rotatable bonds is 4. The third-order valence-electron chi connectivity index (χ3n) is 2.60. The van der Waals surface area contributed by atoms with Crippen molar-refractivity contribution < 1.29 is 19.5 Å². The molecule has 96 valence electrons. The average Bonchev–Trinajstić information content (AvgIpc) is 2.27. The van der Waals surface area contributed by atoms with Gasteiger partial charge in [-0.1, -0.05) is 0 Å². The van der Waals surface area contributed by atoms with Crippen LogP contribution < -0.4 is 10.6 Å². The molecule has 0 aliphatic carbocycles. The molecular weight excluding hydrogens is 226 g/mol. The highest BCUT2D eigenvalue weighted by Gasteiger charge is 2.28. The fourth-order valence-electron chi connectivity index (χ4n) is 1.60. The zero-order valence-corrected chi connectivity index (χ0v) is 9.73. The van der Waals surface area contributed by atoms with Gasteiger partial charge in [0.2, 0.25) is 5.91 Å². The maximum atomic E-state index is 11.7. The van der Waals surface area contributed by atoms with Crippen LogP contribution in [0.15, 0.2) is 0 Å². The first kappa shape index (κ1) is 13.3. The molecule has 1 aliphatic heterocycles. The molecule has 1 rings (SSSR count). The second kappa shape index (κ2) is 6.07. The summed E-state index contributed by atoms with van der Waals surface area (Å²) in [6.07, 6.45) is 0.409. The van der Waals surface area contributed by atoms with Crippen LogP contribution in [0.4, 0.5) is 4.79 Å². The standard InChI is InChI=1S/C10H17N3O4/c1-7-9(16)11-5-6-13(7)10(17)12-4-2-3-8(14)15/h7H,2-6H2,1H3,(H,11,16)(H,12,17)(H,14,15). The van der Waals surface area contributed by atoms with Crippen molar-refractivity contribution in [3.8, 4) is 0 Å². The molecule has 1 unspecified atom stereocenters. The van der Waals surface area contributed by atoms with Gasteiger partial charge in [-0.3, -0.25) is 9.59 Å². The van der Waals surface area contributed by atoms with Gasteiger partial charge >= 0.3 is 12.0 Å². The van der Waals surface area contributed by atoms with Crippen molar-refractivity contribution in [2.45, 2.75) is 25.8 Å². The Morgan fingerprint density at radius 2 is 2.29 bits per heavy atom. The molecule has 1 fully saturated rings. The van der Waals surface area contributed by atoms with Crippen LogP contribution in [0, 0.1) is 0 Å². The molecule has 17 heavy (non-hydrogen) atoms. The molecule has 0 aromatic carbocycles. The summed E-state index contributed by atoms with van der Waals surface area (Å²) < 4.78 is 0. The number of carboxylic acids is 1. The highest BCUT2D eigenvalue weighted by atomic mass is 16.4. The fraction of sp³-hybridized carbons (Fsp3) is 0.700. The zero-order valence-electron chi connectivity index (χ0n) is 9.73. The number of urea groups is 1. The molecule has 0 spiro atoms. The predicted molar refractivity (Wildman–Crippen MR) is 59.4 cm³/mol. The smallest absolute Gasteiger partial charge is 0.318 e. The number of hydrogen-bond donors (Lipinski definition) is 3. The summed E-state index contributed by atoms with van der Waals surface area (Å²) in [5.74, 6) is -1.05. The van der Waals surface area contributed by atoms with Crippen LogP contribution in [0.3, 0.4) is 0 Å².